The van der Waals surface area contributed by atoms with Crippen LogP contribution in [-0.4, -0.2) is 13.5 Å². The summed E-state index contributed by atoms with van der Waals surface area (Å²) in [5.74, 6) is 0. The Morgan fingerprint density at radius 1 is 1.00 bits per heavy atom. The lowest BCUT2D eigenvalue weighted by atomic mass is 10.0. The highest BCUT2D eigenvalue weighted by Gasteiger charge is 2.08. The van der Waals surface area contributed by atoms with Gasteiger partial charge in [-0.05, 0) is 61.6 Å². The maximum absolute atomic E-state index is 10.7. The number of rotatable bonds is 6. The number of thiophene rings is 1. The number of benzene rings is 2. The van der Waals surface area contributed by atoms with E-state index in [4.69, 9.17) is 0 Å². The summed E-state index contributed by atoms with van der Waals surface area (Å²) in [4.78, 5) is 13.5. The van der Waals surface area contributed by atoms with Crippen LogP contribution >= 0.6 is 11.3 Å². The Balaban J connectivity index is 0.000000305. The predicted octanol–water partition coefficient (Wildman–Crippen LogP) is 8.71. The molecule has 3 heteroatoms. The second kappa shape index (κ2) is 14.2. The molecule has 170 valence electrons. The topological polar surface area (TPSA) is 20.3 Å². The molecule has 1 amide bonds. The highest BCUT2D eigenvalue weighted by molar-refractivity contribution is 7.17. The average Bonchev–Trinajstić information content (AvgIpc) is 3.19. The summed E-state index contributed by atoms with van der Waals surface area (Å²) >= 11 is 1.63. The van der Waals surface area contributed by atoms with E-state index in [1.54, 1.807) is 23.3 Å². The van der Waals surface area contributed by atoms with Gasteiger partial charge in [0.25, 0.3) is 0 Å². The molecule has 0 saturated heterocycles. The van der Waals surface area contributed by atoms with E-state index < -0.39 is 0 Å². The zero-order chi connectivity index (χ0) is 24.1. The third kappa shape index (κ3) is 8.32. The van der Waals surface area contributed by atoms with Crippen LogP contribution in [0.1, 0.15) is 50.1 Å². The molecule has 0 bridgehead atoms. The molecule has 1 heterocycles. The number of anilines is 1. The van der Waals surface area contributed by atoms with Gasteiger partial charge in [-0.15, -0.1) is 11.3 Å². The van der Waals surface area contributed by atoms with Gasteiger partial charge >= 0.3 is 0 Å². The zero-order valence-corrected chi connectivity index (χ0v) is 21.4. The van der Waals surface area contributed by atoms with Crippen molar-refractivity contribution in [2.45, 2.75) is 48.0 Å². The molecule has 0 atom stereocenters. The minimum absolute atomic E-state index is 0.832. The monoisotopic (exact) mass is 447 g/mol. The fourth-order valence-corrected chi connectivity index (χ4v) is 4.06. The molecule has 0 saturated carbocycles. The largest absolute Gasteiger partial charge is 0.310 e. The molecule has 2 aromatic carbocycles. The standard InChI is InChI=1S/C14H19NOS.C13H12.C2H6/c1-6-12(10(2)3)8-13-11(4)7-14(17-13)15(5)9-16;1-11-6-5-9-13(10-11)12-7-3-2-4-8-12;1-2/h7-9H,2,6H2,1,3-5H3;2-10H,1H3;1-2H3/b12-8-;;. The van der Waals surface area contributed by atoms with Crippen LogP contribution in [0.25, 0.3) is 17.2 Å². The van der Waals surface area contributed by atoms with Crippen molar-refractivity contribution in [2.24, 2.45) is 0 Å². The van der Waals surface area contributed by atoms with Crippen molar-refractivity contribution in [3.05, 3.63) is 94.4 Å². The first-order valence-corrected chi connectivity index (χ1v) is 11.9. The predicted molar refractivity (Wildman–Crippen MR) is 145 cm³/mol. The number of aryl methyl sites for hydroxylation is 2. The first-order valence-electron chi connectivity index (χ1n) is 11.1. The third-order valence-corrected chi connectivity index (χ3v) is 6.08. The van der Waals surface area contributed by atoms with E-state index in [2.05, 4.69) is 82.0 Å². The van der Waals surface area contributed by atoms with E-state index in [0.29, 0.717) is 0 Å². The highest BCUT2D eigenvalue weighted by Crippen LogP contribution is 2.31. The molecule has 0 aliphatic carbocycles. The van der Waals surface area contributed by atoms with Crippen molar-refractivity contribution in [1.82, 2.24) is 0 Å². The second-order valence-electron chi connectivity index (χ2n) is 7.39. The molecule has 0 spiro atoms. The van der Waals surface area contributed by atoms with Crippen molar-refractivity contribution < 1.29 is 4.79 Å². The van der Waals surface area contributed by atoms with Crippen LogP contribution in [0.2, 0.25) is 0 Å². The molecule has 1 aromatic heterocycles. The van der Waals surface area contributed by atoms with Crippen molar-refractivity contribution >= 4 is 28.8 Å². The van der Waals surface area contributed by atoms with E-state index in [1.165, 1.54) is 32.7 Å². The van der Waals surface area contributed by atoms with Gasteiger partial charge in [0.1, 0.15) is 0 Å². The summed E-state index contributed by atoms with van der Waals surface area (Å²) in [5.41, 5.74) is 7.44. The van der Waals surface area contributed by atoms with Gasteiger partial charge in [-0.1, -0.05) is 93.1 Å². The molecule has 2 nitrogen and oxygen atoms in total. The van der Waals surface area contributed by atoms with Crippen LogP contribution in [0.5, 0.6) is 0 Å². The minimum Gasteiger partial charge on any atom is -0.310 e. The Labute approximate surface area is 198 Å². The van der Waals surface area contributed by atoms with Crippen LogP contribution in [0.15, 0.2) is 78.4 Å². The Morgan fingerprint density at radius 2 is 1.62 bits per heavy atom. The molecular weight excluding hydrogens is 410 g/mol. The quantitative estimate of drug-likeness (QED) is 0.273. The van der Waals surface area contributed by atoms with Gasteiger partial charge in [-0.25, -0.2) is 0 Å². The zero-order valence-electron chi connectivity index (χ0n) is 20.6. The molecule has 0 fully saturated rings. The summed E-state index contributed by atoms with van der Waals surface area (Å²) in [5, 5.41) is 0.973. The van der Waals surface area contributed by atoms with Crippen LogP contribution in [0.4, 0.5) is 5.00 Å². The Morgan fingerprint density at radius 3 is 2.16 bits per heavy atom. The molecular formula is C29H37NOS. The molecule has 0 aliphatic rings. The number of allylic oxidation sites excluding steroid dienone is 2. The lowest BCUT2D eigenvalue weighted by Crippen LogP contribution is -2.11. The van der Waals surface area contributed by atoms with E-state index in [0.717, 1.165) is 23.4 Å². The Bertz CT molecular complexity index is 1010. The Kier molecular flexibility index (Phi) is 12.0. The lowest BCUT2D eigenvalue weighted by molar-refractivity contribution is -0.107. The summed E-state index contributed by atoms with van der Waals surface area (Å²) in [7, 11) is 1.77. The highest BCUT2D eigenvalue weighted by atomic mass is 32.1. The van der Waals surface area contributed by atoms with Crippen molar-refractivity contribution in [2.75, 3.05) is 11.9 Å². The van der Waals surface area contributed by atoms with Gasteiger partial charge < -0.3 is 4.90 Å². The maximum atomic E-state index is 10.7. The molecule has 0 N–H and O–H groups in total. The van der Waals surface area contributed by atoms with Crippen molar-refractivity contribution in [3.8, 4) is 11.1 Å². The van der Waals surface area contributed by atoms with Gasteiger partial charge in [-0.2, -0.15) is 0 Å². The first kappa shape index (κ1) is 27.1. The summed E-state index contributed by atoms with van der Waals surface area (Å²) in [6.45, 7) is 16.3. The molecule has 0 unspecified atom stereocenters. The first-order chi connectivity index (χ1) is 15.3. The van der Waals surface area contributed by atoms with Crippen LogP contribution in [0.3, 0.4) is 0 Å². The van der Waals surface area contributed by atoms with E-state index >= 15 is 0 Å². The average molecular weight is 448 g/mol. The fourth-order valence-electron chi connectivity index (χ4n) is 2.99. The molecule has 3 aromatic rings. The van der Waals surface area contributed by atoms with E-state index in [9.17, 15) is 4.79 Å². The Hall–Kier alpha value is -2.91. The van der Waals surface area contributed by atoms with Crippen LogP contribution in [0, 0.1) is 13.8 Å². The fraction of sp³-hybridized carbons (Fsp3) is 0.276. The second-order valence-corrected chi connectivity index (χ2v) is 8.45. The van der Waals surface area contributed by atoms with Crippen molar-refractivity contribution in [3.63, 3.8) is 0 Å². The summed E-state index contributed by atoms with van der Waals surface area (Å²) in [6, 6.07) is 21.0. The van der Waals surface area contributed by atoms with E-state index in [1.807, 2.05) is 32.9 Å². The summed E-state index contributed by atoms with van der Waals surface area (Å²) in [6.07, 6.45) is 3.98. The number of carbonyl (C=O) groups excluding carboxylic acids is 1. The van der Waals surface area contributed by atoms with Gasteiger partial charge in [0.05, 0.1) is 5.00 Å². The molecule has 3 rings (SSSR count). The van der Waals surface area contributed by atoms with Crippen molar-refractivity contribution in [1.29, 1.82) is 0 Å². The maximum Gasteiger partial charge on any atom is 0.214 e. The van der Waals surface area contributed by atoms with Gasteiger partial charge in [0.15, 0.2) is 0 Å². The molecule has 0 aliphatic heterocycles. The number of carbonyl (C=O) groups is 1. The number of amides is 1. The number of nitrogens with zero attached hydrogens (tertiary/aromatic N) is 1. The van der Waals surface area contributed by atoms with Crippen LogP contribution < -0.4 is 4.90 Å². The molecule has 0 radical (unpaired) electrons. The van der Waals surface area contributed by atoms with Gasteiger partial charge in [0, 0.05) is 11.9 Å². The van der Waals surface area contributed by atoms with E-state index in [-0.39, 0.29) is 0 Å². The van der Waals surface area contributed by atoms with Crippen LogP contribution in [-0.2, 0) is 4.79 Å². The lowest BCUT2D eigenvalue weighted by Gasteiger charge is -2.05. The number of hydrogen-bond acceptors (Lipinski definition) is 2. The summed E-state index contributed by atoms with van der Waals surface area (Å²) < 4.78 is 0. The SMILES string of the molecule is C=C(C)/C(=C\c1sc(N(C)C=O)cc1C)CC.CC.Cc1cccc(-c2ccccc2)c1. The minimum atomic E-state index is 0.832. The van der Waals surface area contributed by atoms with Gasteiger partial charge in [-0.3, -0.25) is 4.79 Å². The molecule has 32 heavy (non-hydrogen) atoms. The smallest absolute Gasteiger partial charge is 0.214 e. The van der Waals surface area contributed by atoms with Gasteiger partial charge in [0.2, 0.25) is 6.41 Å². The number of hydrogen-bond donors (Lipinski definition) is 0. The third-order valence-electron chi connectivity index (χ3n) is 4.81. The normalized spacial score (nSPS) is 10.3.